The summed E-state index contributed by atoms with van der Waals surface area (Å²) in [4.78, 5) is 56.3. The fraction of sp³-hybridized carbons (Fsp3) is 0.391. The Morgan fingerprint density at radius 3 is 1.25 bits per heavy atom. The van der Waals surface area contributed by atoms with E-state index in [4.69, 9.17) is 9.05 Å². The van der Waals surface area contributed by atoms with Gasteiger partial charge >= 0.3 is 26.8 Å². The number of nitrogens with one attached hydrogen (secondary N) is 4. The highest BCUT2D eigenvalue weighted by Crippen LogP contribution is 2.52. The van der Waals surface area contributed by atoms with Gasteiger partial charge in [-0.3, -0.25) is 18.7 Å². The average molecular weight is 874 g/mol. The second-order valence-electron chi connectivity index (χ2n) is 14.9. The quantitative estimate of drug-likeness (QED) is 0.0471. The Morgan fingerprint density at radius 2 is 0.918 bits per heavy atom. The van der Waals surface area contributed by atoms with Crippen LogP contribution in [0.4, 0.5) is 21.0 Å². The first kappa shape index (κ1) is 48.8. The van der Waals surface area contributed by atoms with Gasteiger partial charge < -0.3 is 35.2 Å². The van der Waals surface area contributed by atoms with Gasteiger partial charge in [0.1, 0.15) is 0 Å². The van der Waals surface area contributed by atoms with Crippen LogP contribution in [0.15, 0.2) is 72.8 Å². The highest BCUT2D eigenvalue weighted by atomic mass is 31.2. The van der Waals surface area contributed by atoms with E-state index in [-0.39, 0.29) is 24.3 Å². The van der Waals surface area contributed by atoms with Crippen LogP contribution in [0.25, 0.3) is 0 Å². The van der Waals surface area contributed by atoms with Crippen molar-refractivity contribution in [3.05, 3.63) is 117 Å². The summed E-state index contributed by atoms with van der Waals surface area (Å²) < 4.78 is 39.5. The van der Waals surface area contributed by atoms with Crippen molar-refractivity contribution in [3.63, 3.8) is 0 Å². The average Bonchev–Trinajstić information content (AvgIpc) is 3.23. The minimum Gasteiger partial charge on any atom is -0.338 e. The number of carbonyl (C=O) groups is 4. The number of benzene rings is 4. The van der Waals surface area contributed by atoms with Crippen molar-refractivity contribution in [2.24, 2.45) is 0 Å². The molecule has 0 aliphatic heterocycles. The zero-order valence-electron chi connectivity index (χ0n) is 36.9. The van der Waals surface area contributed by atoms with E-state index < -0.39 is 37.8 Å². The minimum absolute atomic E-state index is 0.0954. The van der Waals surface area contributed by atoms with Crippen LogP contribution in [0.2, 0.25) is 0 Å². The van der Waals surface area contributed by atoms with Crippen LogP contribution < -0.4 is 31.9 Å². The van der Waals surface area contributed by atoms with Gasteiger partial charge in [0.2, 0.25) is 0 Å². The Labute approximate surface area is 360 Å². The van der Waals surface area contributed by atoms with Gasteiger partial charge in [-0.05, 0) is 146 Å². The lowest BCUT2D eigenvalue weighted by atomic mass is 9.98. The summed E-state index contributed by atoms with van der Waals surface area (Å²) in [6.45, 7) is 19.4. The highest BCUT2D eigenvalue weighted by Gasteiger charge is 2.39. The molecule has 0 fully saturated rings. The molecule has 2 unspecified atom stereocenters. The number of nitrogens with zero attached hydrogens (tertiary/aromatic N) is 1. The van der Waals surface area contributed by atoms with E-state index >= 15 is 0 Å². The van der Waals surface area contributed by atoms with Crippen molar-refractivity contribution in [3.8, 4) is 0 Å². The number of hydrogen-bond acceptors (Lipinski definition) is 9. The van der Waals surface area contributed by atoms with Gasteiger partial charge in [-0.15, -0.1) is 0 Å². The number of amides is 4. The van der Waals surface area contributed by atoms with Gasteiger partial charge in [-0.1, -0.05) is 55.5 Å². The van der Waals surface area contributed by atoms with E-state index in [1.165, 1.54) is 0 Å². The van der Waals surface area contributed by atoms with Gasteiger partial charge in [-0.2, -0.15) is 0 Å². The molecule has 4 rings (SSSR count). The van der Waals surface area contributed by atoms with E-state index in [1.807, 2.05) is 20.8 Å². The van der Waals surface area contributed by atoms with Crippen molar-refractivity contribution in [2.75, 3.05) is 56.6 Å². The fourth-order valence-corrected chi connectivity index (χ4v) is 11.7. The molecule has 13 nitrogen and oxygen atoms in total. The molecular weight excluding hydrogens is 812 g/mol. The summed E-state index contributed by atoms with van der Waals surface area (Å²) in [5.74, 6) is 0. The molecule has 15 heteroatoms. The molecule has 328 valence electrons. The monoisotopic (exact) mass is 873 g/mol. The van der Waals surface area contributed by atoms with E-state index in [0.717, 1.165) is 17.7 Å². The normalized spacial score (nSPS) is 13.2. The number of aryl methyl sites for hydroxylation is 4. The lowest BCUT2D eigenvalue weighted by Crippen LogP contribution is -2.35. The lowest BCUT2D eigenvalue weighted by molar-refractivity contribution is 0.104. The third kappa shape index (κ3) is 11.7. The lowest BCUT2D eigenvalue weighted by Gasteiger charge is -2.22. The fourth-order valence-electron chi connectivity index (χ4n) is 7.57. The zero-order valence-corrected chi connectivity index (χ0v) is 38.7. The molecule has 4 N–H and O–H groups in total. The van der Waals surface area contributed by atoms with Gasteiger partial charge in [-0.25, -0.2) is 9.59 Å². The summed E-state index contributed by atoms with van der Waals surface area (Å²) >= 11 is 0. The Kier molecular flexibility index (Phi) is 17.8. The predicted molar refractivity (Wildman–Crippen MR) is 246 cm³/mol. The van der Waals surface area contributed by atoms with Crippen LogP contribution in [0.1, 0.15) is 87.7 Å². The smallest absolute Gasteiger partial charge is 0.319 e. The minimum atomic E-state index is -3.91. The largest absolute Gasteiger partial charge is 0.338 e. The Bertz CT molecular complexity index is 2140. The van der Waals surface area contributed by atoms with Gasteiger partial charge in [0.15, 0.2) is 0 Å². The maximum atomic E-state index is 14.1. The molecule has 0 aromatic heterocycles. The van der Waals surface area contributed by atoms with Gasteiger partial charge in [0, 0.05) is 46.2 Å². The van der Waals surface area contributed by atoms with E-state index in [2.05, 4.69) is 26.2 Å². The second kappa shape index (κ2) is 22.3. The van der Waals surface area contributed by atoms with Gasteiger partial charge in [0.25, 0.3) is 11.0 Å². The number of urea groups is 2. The van der Waals surface area contributed by atoms with Crippen molar-refractivity contribution in [2.45, 2.75) is 75.2 Å². The van der Waals surface area contributed by atoms with Crippen molar-refractivity contribution < 1.29 is 37.4 Å². The van der Waals surface area contributed by atoms with Crippen LogP contribution >= 0.6 is 14.7 Å². The van der Waals surface area contributed by atoms with Crippen molar-refractivity contribution in [1.29, 1.82) is 0 Å². The molecule has 2 atom stereocenters. The molecule has 0 aliphatic carbocycles. The molecule has 0 bridgehead atoms. The molecule has 4 aromatic carbocycles. The third-order valence-electron chi connectivity index (χ3n) is 10.5. The van der Waals surface area contributed by atoms with Crippen molar-refractivity contribution in [1.82, 2.24) is 15.5 Å². The molecule has 4 aromatic rings. The second-order valence-corrected chi connectivity index (χ2v) is 19.5. The van der Waals surface area contributed by atoms with Crippen LogP contribution in [-0.2, 0) is 18.2 Å². The molecule has 0 radical (unpaired) electrons. The SMILES string of the molecule is CCOP(=O)(C(=O)c1c(C)cc(C)c(NC(=O)NCCCN(CC)CCCNC(=O)Nc2c(C)cc(C)c(C(=O)P(=O)(OCC)c3ccccc3)c2C)c1C)c1ccccc1. The van der Waals surface area contributed by atoms with Crippen molar-refractivity contribution >= 4 is 59.8 Å². The first-order valence-electron chi connectivity index (χ1n) is 20.8. The standard InChI is InChI=1S/C46H61N5O8P2/c1-10-51(27-19-25-47-45(54)49-41-33(6)29-31(4)39(35(41)8)43(52)60(56,58-11-2)37-21-15-13-16-22-37)28-20-26-48-46(55)50-42-34(7)30-32(5)40(36(42)9)44(53)61(57,59-12-3)38-23-17-14-18-24-38/h13-18,21-24,29-30H,10-12,19-20,25-28H2,1-9H3,(H2,47,49,54)(H2,48,50,55). The van der Waals surface area contributed by atoms with Crippen LogP contribution in [0.5, 0.6) is 0 Å². The molecule has 0 spiro atoms. The molecule has 0 aliphatic rings. The summed E-state index contributed by atoms with van der Waals surface area (Å²) in [6.07, 6.45) is 1.35. The molecule has 0 saturated heterocycles. The van der Waals surface area contributed by atoms with Crippen LogP contribution in [0.3, 0.4) is 0 Å². The predicted octanol–water partition coefficient (Wildman–Crippen LogP) is 9.14. The van der Waals surface area contributed by atoms with E-state index in [9.17, 15) is 28.3 Å². The molecule has 61 heavy (non-hydrogen) atoms. The molecule has 0 heterocycles. The molecule has 0 saturated carbocycles. The third-order valence-corrected chi connectivity index (χ3v) is 15.2. The molecule has 4 amide bonds. The van der Waals surface area contributed by atoms with Gasteiger partial charge in [0.05, 0.1) is 13.2 Å². The first-order chi connectivity index (χ1) is 29.0. The molecular formula is C46H61N5O8P2. The summed E-state index contributed by atoms with van der Waals surface area (Å²) in [5.41, 5.74) is 4.14. The highest BCUT2D eigenvalue weighted by molar-refractivity contribution is 7.84. The van der Waals surface area contributed by atoms with Crippen LogP contribution in [-0.4, -0.2) is 73.9 Å². The number of hydrogen-bond donors (Lipinski definition) is 4. The topological polar surface area (TPSA) is 172 Å². The zero-order chi connectivity index (χ0) is 44.9. The summed E-state index contributed by atoms with van der Waals surface area (Å²) in [6, 6.07) is 19.7. The number of anilines is 2. The number of rotatable bonds is 21. The van der Waals surface area contributed by atoms with Crippen LogP contribution in [0, 0.1) is 41.5 Å². The van der Waals surface area contributed by atoms with E-state index in [0.29, 0.717) is 83.3 Å². The summed E-state index contributed by atoms with van der Waals surface area (Å²) in [5, 5.41) is 12.3. The number of carbonyl (C=O) groups excluding carboxylic acids is 4. The summed E-state index contributed by atoms with van der Waals surface area (Å²) in [7, 11) is -7.83. The Balaban J connectivity index is 1.28. The maximum absolute atomic E-state index is 14.1. The van der Waals surface area contributed by atoms with E-state index in [1.54, 1.807) is 114 Å². The first-order valence-corrected chi connectivity index (χ1v) is 24.0. The Hall–Kier alpha value is -4.90. The Morgan fingerprint density at radius 1 is 0.557 bits per heavy atom. The maximum Gasteiger partial charge on any atom is 0.319 e.